The molecule has 12 heavy (non-hydrogen) atoms. The fourth-order valence-corrected chi connectivity index (χ4v) is 1.11. The van der Waals surface area contributed by atoms with E-state index in [9.17, 15) is 0 Å². The molecule has 0 saturated carbocycles. The summed E-state index contributed by atoms with van der Waals surface area (Å²) in [5.74, 6) is 0. The summed E-state index contributed by atoms with van der Waals surface area (Å²) in [6, 6.07) is 10.5. The van der Waals surface area contributed by atoms with Crippen LogP contribution in [0.2, 0.25) is 0 Å². The van der Waals surface area contributed by atoms with Crippen molar-refractivity contribution in [3.63, 3.8) is 0 Å². The third-order valence-electron chi connectivity index (χ3n) is 1.73. The van der Waals surface area contributed by atoms with Crippen molar-refractivity contribution < 1.29 is 4.84 Å². The maximum atomic E-state index is 4.73. The Bertz CT molecular complexity index is 198. The first-order valence-electron chi connectivity index (χ1n) is 4.23. The molecule has 66 valence electrons. The van der Waals surface area contributed by atoms with Crippen LogP contribution in [0, 0.1) is 0 Å². The van der Waals surface area contributed by atoms with Gasteiger partial charge in [0, 0.05) is 6.54 Å². The summed E-state index contributed by atoms with van der Waals surface area (Å²) in [5, 5.41) is 0. The maximum absolute atomic E-state index is 4.73. The predicted molar refractivity (Wildman–Crippen MR) is 49.8 cm³/mol. The van der Waals surface area contributed by atoms with Gasteiger partial charge in [0.05, 0.1) is 7.11 Å². The van der Waals surface area contributed by atoms with E-state index in [1.54, 1.807) is 7.11 Å². The van der Waals surface area contributed by atoms with Crippen LogP contribution in [0.15, 0.2) is 30.3 Å². The van der Waals surface area contributed by atoms with Crippen LogP contribution in [0.3, 0.4) is 0 Å². The van der Waals surface area contributed by atoms with Gasteiger partial charge in [-0.05, 0) is 18.4 Å². The third kappa shape index (κ3) is 3.51. The molecule has 0 saturated heterocycles. The van der Waals surface area contributed by atoms with E-state index in [2.05, 4.69) is 29.7 Å². The Morgan fingerprint density at radius 3 is 2.67 bits per heavy atom. The van der Waals surface area contributed by atoms with Crippen LogP contribution in [0.5, 0.6) is 0 Å². The number of hydrogen-bond acceptors (Lipinski definition) is 2. The van der Waals surface area contributed by atoms with E-state index in [4.69, 9.17) is 4.84 Å². The van der Waals surface area contributed by atoms with E-state index in [-0.39, 0.29) is 0 Å². The summed E-state index contributed by atoms with van der Waals surface area (Å²) in [6.07, 6.45) is 2.22. The molecule has 0 radical (unpaired) electrons. The topological polar surface area (TPSA) is 21.3 Å². The average molecular weight is 165 g/mol. The predicted octanol–water partition coefficient (Wildman–Crippen LogP) is 1.77. The van der Waals surface area contributed by atoms with Gasteiger partial charge in [-0.15, -0.1) is 0 Å². The van der Waals surface area contributed by atoms with Crippen LogP contribution < -0.4 is 5.48 Å². The summed E-state index contributed by atoms with van der Waals surface area (Å²) >= 11 is 0. The van der Waals surface area contributed by atoms with Crippen LogP contribution in [0.4, 0.5) is 0 Å². The summed E-state index contributed by atoms with van der Waals surface area (Å²) in [5.41, 5.74) is 4.20. The van der Waals surface area contributed by atoms with Gasteiger partial charge in [0.1, 0.15) is 0 Å². The standard InChI is InChI=1S/C10H15NO/c1-12-11-9-5-8-10-6-3-2-4-7-10/h2-4,6-7,11H,5,8-9H2,1H3. The van der Waals surface area contributed by atoms with Gasteiger partial charge < -0.3 is 4.84 Å². The molecule has 1 aromatic carbocycles. The maximum Gasteiger partial charge on any atom is 0.0572 e. The molecule has 0 unspecified atom stereocenters. The molecule has 0 spiro atoms. The lowest BCUT2D eigenvalue weighted by Gasteiger charge is -2.01. The van der Waals surface area contributed by atoms with E-state index >= 15 is 0 Å². The lowest BCUT2D eigenvalue weighted by Crippen LogP contribution is -2.13. The van der Waals surface area contributed by atoms with Crippen molar-refractivity contribution >= 4 is 0 Å². The Hall–Kier alpha value is -0.860. The van der Waals surface area contributed by atoms with Crippen molar-refractivity contribution in [3.8, 4) is 0 Å². The summed E-state index contributed by atoms with van der Waals surface area (Å²) in [7, 11) is 1.64. The minimum absolute atomic E-state index is 0.908. The van der Waals surface area contributed by atoms with Gasteiger partial charge in [-0.3, -0.25) is 0 Å². The number of aryl methyl sites for hydroxylation is 1. The molecule has 2 heteroatoms. The first-order chi connectivity index (χ1) is 5.93. The van der Waals surface area contributed by atoms with Gasteiger partial charge in [-0.25, -0.2) is 5.48 Å². The van der Waals surface area contributed by atoms with Crippen LogP contribution >= 0.6 is 0 Å². The van der Waals surface area contributed by atoms with Crippen molar-refractivity contribution in [2.75, 3.05) is 13.7 Å². The zero-order valence-electron chi connectivity index (χ0n) is 7.42. The second-order valence-electron chi connectivity index (χ2n) is 2.69. The average Bonchev–Trinajstić information content (AvgIpc) is 2.14. The minimum Gasteiger partial charge on any atom is -0.305 e. The molecular formula is C10H15NO. The second kappa shape index (κ2) is 5.75. The van der Waals surface area contributed by atoms with Crippen molar-refractivity contribution in [1.29, 1.82) is 0 Å². The highest BCUT2D eigenvalue weighted by Crippen LogP contribution is 2.00. The van der Waals surface area contributed by atoms with Gasteiger partial charge in [0.15, 0.2) is 0 Å². The number of benzene rings is 1. The quantitative estimate of drug-likeness (QED) is 0.530. The van der Waals surface area contributed by atoms with E-state index in [0.717, 1.165) is 19.4 Å². The fourth-order valence-electron chi connectivity index (χ4n) is 1.11. The molecule has 0 fully saturated rings. The molecule has 1 rings (SSSR count). The molecule has 1 N–H and O–H groups in total. The summed E-state index contributed by atoms with van der Waals surface area (Å²) in [4.78, 5) is 4.73. The third-order valence-corrected chi connectivity index (χ3v) is 1.73. The molecule has 0 aliphatic heterocycles. The molecule has 0 atom stereocenters. The zero-order chi connectivity index (χ0) is 8.65. The van der Waals surface area contributed by atoms with E-state index in [1.165, 1.54) is 5.56 Å². The lowest BCUT2D eigenvalue weighted by atomic mass is 10.1. The van der Waals surface area contributed by atoms with Crippen molar-refractivity contribution in [1.82, 2.24) is 5.48 Å². The Kier molecular flexibility index (Phi) is 4.42. The first kappa shape index (κ1) is 9.23. The van der Waals surface area contributed by atoms with Crippen LogP contribution in [-0.4, -0.2) is 13.7 Å². The first-order valence-corrected chi connectivity index (χ1v) is 4.23. The smallest absolute Gasteiger partial charge is 0.0572 e. The molecule has 2 nitrogen and oxygen atoms in total. The minimum atomic E-state index is 0.908. The Morgan fingerprint density at radius 1 is 1.25 bits per heavy atom. The molecule has 1 aromatic rings. The van der Waals surface area contributed by atoms with Crippen LogP contribution in [0.1, 0.15) is 12.0 Å². The van der Waals surface area contributed by atoms with Gasteiger partial charge in [-0.2, -0.15) is 0 Å². The largest absolute Gasteiger partial charge is 0.305 e. The van der Waals surface area contributed by atoms with Crippen molar-refractivity contribution in [3.05, 3.63) is 35.9 Å². The molecule has 0 amide bonds. The van der Waals surface area contributed by atoms with Crippen molar-refractivity contribution in [2.45, 2.75) is 12.8 Å². The lowest BCUT2D eigenvalue weighted by molar-refractivity contribution is 0.0911. The highest BCUT2D eigenvalue weighted by molar-refractivity contribution is 5.14. The molecule has 0 aromatic heterocycles. The van der Waals surface area contributed by atoms with E-state index < -0.39 is 0 Å². The highest BCUT2D eigenvalue weighted by Gasteiger charge is 1.90. The Balaban J connectivity index is 2.16. The van der Waals surface area contributed by atoms with Gasteiger partial charge >= 0.3 is 0 Å². The van der Waals surface area contributed by atoms with Crippen LogP contribution in [0.25, 0.3) is 0 Å². The molecule has 0 aliphatic rings. The number of nitrogens with one attached hydrogen (secondary N) is 1. The van der Waals surface area contributed by atoms with E-state index in [0.29, 0.717) is 0 Å². The summed E-state index contributed by atoms with van der Waals surface area (Å²) < 4.78 is 0. The SMILES string of the molecule is CONCCCc1ccccc1. The number of hydrogen-bond donors (Lipinski definition) is 1. The normalized spacial score (nSPS) is 10.1. The molecule has 0 bridgehead atoms. The van der Waals surface area contributed by atoms with Gasteiger partial charge in [0.25, 0.3) is 0 Å². The van der Waals surface area contributed by atoms with Crippen molar-refractivity contribution in [2.24, 2.45) is 0 Å². The monoisotopic (exact) mass is 165 g/mol. The number of rotatable bonds is 5. The zero-order valence-corrected chi connectivity index (χ0v) is 7.42. The summed E-state index contributed by atoms with van der Waals surface area (Å²) in [6.45, 7) is 0.908. The fraction of sp³-hybridized carbons (Fsp3) is 0.400. The molecular weight excluding hydrogens is 150 g/mol. The Morgan fingerprint density at radius 2 is 2.00 bits per heavy atom. The molecule has 0 aliphatic carbocycles. The van der Waals surface area contributed by atoms with Crippen LogP contribution in [-0.2, 0) is 11.3 Å². The highest BCUT2D eigenvalue weighted by atomic mass is 16.6. The van der Waals surface area contributed by atoms with Gasteiger partial charge in [-0.1, -0.05) is 30.3 Å². The second-order valence-corrected chi connectivity index (χ2v) is 2.69. The van der Waals surface area contributed by atoms with E-state index in [1.807, 2.05) is 6.07 Å². The van der Waals surface area contributed by atoms with Gasteiger partial charge in [0.2, 0.25) is 0 Å². The number of hydroxylamine groups is 1. The molecule has 0 heterocycles. The Labute approximate surface area is 73.5 Å².